The number of hydrazine groups is 1. The third-order valence-corrected chi connectivity index (χ3v) is 3.20. The Bertz CT molecular complexity index is 675. The topological polar surface area (TPSA) is 67.4 Å². The highest BCUT2D eigenvalue weighted by Crippen LogP contribution is 2.15. The molecule has 2 amide bonds. The Morgan fingerprint density at radius 2 is 1.64 bits per heavy atom. The van der Waals surface area contributed by atoms with Crippen molar-refractivity contribution in [1.82, 2.24) is 10.9 Å². The maximum Gasteiger partial charge on any atom is 0.276 e. The number of hydrogen-bond acceptors (Lipinski definition) is 3. The van der Waals surface area contributed by atoms with Gasteiger partial charge in [0.25, 0.3) is 11.8 Å². The number of halogens is 2. The lowest BCUT2D eigenvalue weighted by atomic mass is 10.2. The number of hydrogen-bond donors (Lipinski definition) is 2. The molecule has 0 fully saturated rings. The van der Waals surface area contributed by atoms with Crippen molar-refractivity contribution in [2.24, 2.45) is 0 Å². The highest BCUT2D eigenvalue weighted by atomic mass is 35.5. The predicted molar refractivity (Wildman–Crippen MR) is 84.0 cm³/mol. The van der Waals surface area contributed by atoms with Gasteiger partial charge in [-0.3, -0.25) is 20.4 Å². The van der Waals surface area contributed by atoms with Crippen LogP contribution in [0.5, 0.6) is 5.75 Å². The lowest BCUT2D eigenvalue weighted by Gasteiger charge is -2.09. The second kappa shape index (κ2) is 7.68. The van der Waals surface area contributed by atoms with Crippen LogP contribution in [0.4, 0.5) is 0 Å². The molecule has 0 bridgehead atoms. The van der Waals surface area contributed by atoms with Gasteiger partial charge in [0, 0.05) is 5.02 Å². The lowest BCUT2D eigenvalue weighted by Crippen LogP contribution is -2.43. The van der Waals surface area contributed by atoms with Crippen molar-refractivity contribution in [2.45, 2.75) is 0 Å². The largest absolute Gasteiger partial charge is 0.484 e. The number of benzene rings is 2. The maximum atomic E-state index is 11.8. The standard InChI is InChI=1S/C15H12Cl2N2O3/c16-10-5-7-11(8-6-10)22-9-14(20)18-19-15(21)12-3-1-2-4-13(12)17/h1-8H,9H2,(H,18,20)(H,19,21). The van der Waals surface area contributed by atoms with E-state index >= 15 is 0 Å². The number of rotatable bonds is 4. The van der Waals surface area contributed by atoms with E-state index < -0.39 is 11.8 Å². The van der Waals surface area contributed by atoms with Crippen molar-refractivity contribution in [2.75, 3.05) is 6.61 Å². The summed E-state index contributed by atoms with van der Waals surface area (Å²) in [7, 11) is 0. The summed E-state index contributed by atoms with van der Waals surface area (Å²) in [6.45, 7) is -0.246. The van der Waals surface area contributed by atoms with Crippen LogP contribution in [0.15, 0.2) is 48.5 Å². The minimum Gasteiger partial charge on any atom is -0.484 e. The smallest absolute Gasteiger partial charge is 0.276 e. The van der Waals surface area contributed by atoms with Crippen LogP contribution in [-0.2, 0) is 4.79 Å². The zero-order valence-electron chi connectivity index (χ0n) is 11.3. The van der Waals surface area contributed by atoms with Crippen LogP contribution < -0.4 is 15.6 Å². The molecule has 7 heteroatoms. The van der Waals surface area contributed by atoms with Gasteiger partial charge in [-0.2, -0.15) is 0 Å². The van der Waals surface area contributed by atoms with Gasteiger partial charge < -0.3 is 4.74 Å². The van der Waals surface area contributed by atoms with Crippen LogP contribution >= 0.6 is 23.2 Å². The molecule has 0 atom stereocenters. The Morgan fingerprint density at radius 3 is 2.32 bits per heavy atom. The summed E-state index contributed by atoms with van der Waals surface area (Å²) in [5, 5.41) is 0.871. The fourth-order valence-electron chi connectivity index (χ4n) is 1.55. The van der Waals surface area contributed by atoms with Gasteiger partial charge in [-0.25, -0.2) is 0 Å². The summed E-state index contributed by atoms with van der Waals surface area (Å²) < 4.78 is 5.24. The average molecular weight is 339 g/mol. The normalized spacial score (nSPS) is 9.91. The van der Waals surface area contributed by atoms with E-state index in [0.29, 0.717) is 15.8 Å². The van der Waals surface area contributed by atoms with Gasteiger partial charge in [0.2, 0.25) is 0 Å². The Balaban J connectivity index is 1.79. The van der Waals surface area contributed by atoms with Crippen LogP contribution in [0, 0.1) is 0 Å². The first-order valence-corrected chi connectivity index (χ1v) is 7.04. The number of carbonyl (C=O) groups is 2. The Kier molecular flexibility index (Phi) is 5.63. The van der Waals surface area contributed by atoms with E-state index in [2.05, 4.69) is 10.9 Å². The van der Waals surface area contributed by atoms with E-state index in [9.17, 15) is 9.59 Å². The zero-order chi connectivity index (χ0) is 15.9. The summed E-state index contributed by atoms with van der Waals surface area (Å²) in [5.41, 5.74) is 4.77. The molecule has 0 unspecified atom stereocenters. The lowest BCUT2D eigenvalue weighted by molar-refractivity contribution is -0.123. The third kappa shape index (κ3) is 4.65. The SMILES string of the molecule is O=C(COc1ccc(Cl)cc1)NNC(=O)c1ccccc1Cl. The third-order valence-electron chi connectivity index (χ3n) is 2.62. The van der Waals surface area contributed by atoms with Crippen LogP contribution in [0.3, 0.4) is 0 Å². The number of ether oxygens (including phenoxy) is 1. The second-order valence-electron chi connectivity index (χ2n) is 4.22. The summed E-state index contributed by atoms with van der Waals surface area (Å²) in [4.78, 5) is 23.4. The Labute approximate surface area is 137 Å². The van der Waals surface area contributed by atoms with Crippen LogP contribution in [-0.4, -0.2) is 18.4 Å². The fourth-order valence-corrected chi connectivity index (χ4v) is 1.90. The molecular formula is C15H12Cl2N2O3. The molecule has 0 aromatic heterocycles. The van der Waals surface area contributed by atoms with E-state index in [0.717, 1.165) is 0 Å². The molecule has 0 radical (unpaired) electrons. The van der Waals surface area contributed by atoms with E-state index in [1.165, 1.54) is 0 Å². The molecule has 0 aliphatic carbocycles. The minimum atomic E-state index is -0.509. The summed E-state index contributed by atoms with van der Waals surface area (Å²) in [5.74, 6) is -0.516. The van der Waals surface area contributed by atoms with Crippen molar-refractivity contribution in [3.05, 3.63) is 64.1 Å². The molecule has 2 aromatic rings. The number of amides is 2. The Morgan fingerprint density at radius 1 is 0.955 bits per heavy atom. The highest BCUT2D eigenvalue weighted by Gasteiger charge is 2.10. The van der Waals surface area contributed by atoms with Gasteiger partial charge in [0.15, 0.2) is 6.61 Å². The molecule has 2 N–H and O–H groups in total. The monoisotopic (exact) mass is 338 g/mol. The first kappa shape index (κ1) is 16.1. The van der Waals surface area contributed by atoms with E-state index in [1.807, 2.05) is 0 Å². The predicted octanol–water partition coefficient (Wildman–Crippen LogP) is 2.83. The Hall–Kier alpha value is -2.24. The molecule has 2 rings (SSSR count). The molecule has 0 aliphatic heterocycles. The first-order chi connectivity index (χ1) is 10.6. The van der Waals surface area contributed by atoms with Crippen LogP contribution in [0.1, 0.15) is 10.4 Å². The summed E-state index contributed by atoms with van der Waals surface area (Å²) in [6.07, 6.45) is 0. The fraction of sp³-hybridized carbons (Fsp3) is 0.0667. The summed E-state index contributed by atoms with van der Waals surface area (Å²) >= 11 is 11.6. The van der Waals surface area contributed by atoms with E-state index in [-0.39, 0.29) is 12.2 Å². The van der Waals surface area contributed by atoms with Gasteiger partial charge in [-0.1, -0.05) is 35.3 Å². The van der Waals surface area contributed by atoms with E-state index in [4.69, 9.17) is 27.9 Å². The van der Waals surface area contributed by atoms with Gasteiger partial charge >= 0.3 is 0 Å². The highest BCUT2D eigenvalue weighted by molar-refractivity contribution is 6.33. The molecule has 0 aliphatic rings. The van der Waals surface area contributed by atoms with Gasteiger partial charge in [-0.05, 0) is 36.4 Å². The molecule has 0 saturated heterocycles. The van der Waals surface area contributed by atoms with Crippen molar-refractivity contribution >= 4 is 35.0 Å². The average Bonchev–Trinajstić information content (AvgIpc) is 2.52. The maximum absolute atomic E-state index is 11.8. The zero-order valence-corrected chi connectivity index (χ0v) is 12.8. The van der Waals surface area contributed by atoms with Crippen LogP contribution in [0.25, 0.3) is 0 Å². The molecule has 22 heavy (non-hydrogen) atoms. The quantitative estimate of drug-likeness (QED) is 0.842. The first-order valence-electron chi connectivity index (χ1n) is 6.28. The van der Waals surface area contributed by atoms with Crippen molar-refractivity contribution in [3.63, 3.8) is 0 Å². The molecule has 0 saturated carbocycles. The molecular weight excluding hydrogens is 327 g/mol. The van der Waals surface area contributed by atoms with Crippen molar-refractivity contribution in [3.8, 4) is 5.75 Å². The molecule has 0 heterocycles. The summed E-state index contributed by atoms with van der Waals surface area (Å²) in [6, 6.07) is 13.1. The van der Waals surface area contributed by atoms with Gasteiger partial charge in [0.1, 0.15) is 5.75 Å². The number of nitrogens with one attached hydrogen (secondary N) is 2. The minimum absolute atomic E-state index is 0.246. The van der Waals surface area contributed by atoms with E-state index in [1.54, 1.807) is 48.5 Å². The molecule has 2 aromatic carbocycles. The second-order valence-corrected chi connectivity index (χ2v) is 5.07. The van der Waals surface area contributed by atoms with Crippen molar-refractivity contribution in [1.29, 1.82) is 0 Å². The van der Waals surface area contributed by atoms with Crippen molar-refractivity contribution < 1.29 is 14.3 Å². The van der Waals surface area contributed by atoms with Gasteiger partial charge in [-0.15, -0.1) is 0 Å². The molecule has 0 spiro atoms. The number of carbonyl (C=O) groups excluding carboxylic acids is 2. The molecule has 114 valence electrons. The van der Waals surface area contributed by atoms with Gasteiger partial charge in [0.05, 0.1) is 10.6 Å². The van der Waals surface area contributed by atoms with Crippen LogP contribution in [0.2, 0.25) is 10.0 Å². The molecule has 5 nitrogen and oxygen atoms in total.